The van der Waals surface area contributed by atoms with Crippen molar-refractivity contribution in [1.82, 2.24) is 9.88 Å². The lowest BCUT2D eigenvalue weighted by atomic mass is 10.1. The van der Waals surface area contributed by atoms with Crippen LogP contribution in [-0.2, 0) is 11.0 Å². The molecule has 8 heteroatoms. The van der Waals surface area contributed by atoms with Crippen LogP contribution in [0.25, 0.3) is 11.1 Å². The predicted octanol–water partition coefficient (Wildman–Crippen LogP) is 5.70. The van der Waals surface area contributed by atoms with Crippen LogP contribution in [0.15, 0.2) is 73.1 Å². The molecular formula is C27H29F3N4O. The molecular weight excluding hydrogens is 453 g/mol. The van der Waals surface area contributed by atoms with Gasteiger partial charge in [0.05, 0.1) is 5.56 Å². The number of nitrogens with zero attached hydrogens (tertiary/aromatic N) is 3. The molecule has 1 saturated heterocycles. The molecule has 1 aromatic heterocycles. The molecule has 0 radical (unpaired) electrons. The molecule has 1 amide bonds. The lowest BCUT2D eigenvalue weighted by Gasteiger charge is -2.37. The minimum atomic E-state index is -4.35. The molecule has 0 bridgehead atoms. The number of pyridine rings is 1. The number of para-hydroxylation sites is 1. The Morgan fingerprint density at radius 3 is 2.31 bits per heavy atom. The summed E-state index contributed by atoms with van der Waals surface area (Å²) in [7, 11) is 0. The topological polar surface area (TPSA) is 48.5 Å². The fourth-order valence-corrected chi connectivity index (χ4v) is 4.33. The van der Waals surface area contributed by atoms with E-state index in [0.29, 0.717) is 32.6 Å². The first-order chi connectivity index (χ1) is 16.9. The van der Waals surface area contributed by atoms with Gasteiger partial charge in [0.1, 0.15) is 0 Å². The number of carbonyl (C=O) groups is 1. The first-order valence-electron chi connectivity index (χ1n) is 11.8. The number of amides is 1. The Hall–Kier alpha value is -3.39. The number of unbranched alkanes of at least 4 members (excludes halogenated alkanes) is 1. The number of benzene rings is 2. The van der Waals surface area contributed by atoms with Gasteiger partial charge in [-0.2, -0.15) is 13.2 Å². The van der Waals surface area contributed by atoms with Crippen LogP contribution in [0.4, 0.5) is 24.5 Å². The van der Waals surface area contributed by atoms with Gasteiger partial charge >= 0.3 is 6.18 Å². The highest BCUT2D eigenvalue weighted by molar-refractivity contribution is 5.90. The van der Waals surface area contributed by atoms with Gasteiger partial charge < -0.3 is 10.2 Å². The van der Waals surface area contributed by atoms with E-state index in [-0.39, 0.29) is 11.6 Å². The van der Waals surface area contributed by atoms with E-state index in [1.54, 1.807) is 24.5 Å². The number of aromatic nitrogens is 1. The largest absolute Gasteiger partial charge is 0.418 e. The smallest absolute Gasteiger partial charge is 0.368 e. The minimum Gasteiger partial charge on any atom is -0.368 e. The zero-order valence-electron chi connectivity index (χ0n) is 19.5. The summed E-state index contributed by atoms with van der Waals surface area (Å²) in [5.74, 6) is -0.0206. The molecule has 1 fully saturated rings. The van der Waals surface area contributed by atoms with Crippen LogP contribution in [0.3, 0.4) is 0 Å². The van der Waals surface area contributed by atoms with Gasteiger partial charge in [0.25, 0.3) is 0 Å². The first kappa shape index (κ1) is 24.7. The molecule has 1 aliphatic rings. The molecule has 4 rings (SSSR count). The average molecular weight is 483 g/mol. The molecule has 2 heterocycles. The second-order valence-electron chi connectivity index (χ2n) is 8.67. The summed E-state index contributed by atoms with van der Waals surface area (Å²) in [4.78, 5) is 20.5. The molecule has 3 aromatic rings. The van der Waals surface area contributed by atoms with Gasteiger partial charge in [0, 0.05) is 56.4 Å². The number of halogens is 3. The van der Waals surface area contributed by atoms with Crippen LogP contribution < -0.4 is 10.2 Å². The van der Waals surface area contributed by atoms with Gasteiger partial charge in [-0.05, 0) is 60.8 Å². The van der Waals surface area contributed by atoms with E-state index in [2.05, 4.69) is 15.2 Å². The second-order valence-corrected chi connectivity index (χ2v) is 8.67. The van der Waals surface area contributed by atoms with Gasteiger partial charge in [-0.1, -0.05) is 30.3 Å². The van der Waals surface area contributed by atoms with Gasteiger partial charge in [-0.15, -0.1) is 0 Å². The Balaban J connectivity index is 1.16. The van der Waals surface area contributed by atoms with Gasteiger partial charge in [-0.25, -0.2) is 0 Å². The number of alkyl halides is 3. The van der Waals surface area contributed by atoms with Crippen molar-refractivity contribution < 1.29 is 18.0 Å². The monoisotopic (exact) mass is 482 g/mol. The van der Waals surface area contributed by atoms with Crippen LogP contribution in [0.1, 0.15) is 24.8 Å². The highest BCUT2D eigenvalue weighted by Crippen LogP contribution is 2.36. The molecule has 0 unspecified atom stereocenters. The zero-order chi connectivity index (χ0) is 24.7. The molecule has 0 saturated carbocycles. The lowest BCUT2D eigenvalue weighted by molar-refractivity contribution is -0.137. The summed E-state index contributed by atoms with van der Waals surface area (Å²) in [6.45, 7) is 3.37. The molecule has 2 aromatic carbocycles. The fourth-order valence-electron chi connectivity index (χ4n) is 4.33. The van der Waals surface area contributed by atoms with Gasteiger partial charge in [-0.3, -0.25) is 14.7 Å². The number of anilines is 2. The third-order valence-corrected chi connectivity index (χ3v) is 6.21. The molecule has 5 nitrogen and oxygen atoms in total. The Morgan fingerprint density at radius 1 is 0.886 bits per heavy atom. The molecule has 1 N–H and O–H groups in total. The van der Waals surface area contributed by atoms with E-state index in [1.165, 1.54) is 6.07 Å². The third kappa shape index (κ3) is 6.82. The van der Waals surface area contributed by atoms with Gasteiger partial charge in [0.2, 0.25) is 5.91 Å². The van der Waals surface area contributed by atoms with E-state index in [9.17, 15) is 18.0 Å². The minimum absolute atomic E-state index is 0.0206. The summed E-state index contributed by atoms with van der Waals surface area (Å²) in [5, 5.41) is 2.93. The number of hydrogen-bond donors (Lipinski definition) is 1. The Labute approximate surface area is 203 Å². The Bertz CT molecular complexity index is 1100. The second kappa shape index (κ2) is 11.4. The quantitative estimate of drug-likeness (QED) is 0.419. The summed E-state index contributed by atoms with van der Waals surface area (Å²) in [5.41, 5.74) is 2.50. The number of nitrogens with one attached hydrogen (secondary N) is 1. The standard InChI is InChI=1S/C27H29F3N4O/c28-27(29,30)24-7-1-2-8-25(24)34-18-16-33(17-19-34)15-4-3-9-26(35)32-23-12-10-21(11-13-23)22-6-5-14-31-20-22/h1-2,5-8,10-14,20H,3-4,9,15-19H2,(H,32,35). The molecule has 184 valence electrons. The summed E-state index contributed by atoms with van der Waals surface area (Å²) < 4.78 is 39.9. The summed E-state index contributed by atoms with van der Waals surface area (Å²) in [6, 6.07) is 17.3. The van der Waals surface area contributed by atoms with Crippen molar-refractivity contribution in [3.63, 3.8) is 0 Å². The van der Waals surface area contributed by atoms with Crippen molar-refractivity contribution in [2.24, 2.45) is 0 Å². The maximum absolute atomic E-state index is 13.3. The Morgan fingerprint density at radius 2 is 1.63 bits per heavy atom. The SMILES string of the molecule is O=C(CCCCN1CCN(c2ccccc2C(F)(F)F)CC1)Nc1ccc(-c2cccnc2)cc1. The molecule has 0 spiro atoms. The fraction of sp³-hybridized carbons (Fsp3) is 0.333. The van der Waals surface area contributed by atoms with Crippen molar-refractivity contribution in [2.45, 2.75) is 25.4 Å². The Kier molecular flexibility index (Phi) is 8.02. The normalized spacial score (nSPS) is 14.7. The van der Waals surface area contributed by atoms with Crippen molar-refractivity contribution >= 4 is 17.3 Å². The van der Waals surface area contributed by atoms with Crippen LogP contribution in [0, 0.1) is 0 Å². The number of piperazine rings is 1. The molecule has 35 heavy (non-hydrogen) atoms. The molecule has 1 aliphatic heterocycles. The maximum Gasteiger partial charge on any atom is 0.418 e. The van der Waals surface area contributed by atoms with E-state index in [1.807, 2.05) is 41.3 Å². The van der Waals surface area contributed by atoms with Crippen molar-refractivity contribution in [1.29, 1.82) is 0 Å². The van der Waals surface area contributed by atoms with Crippen LogP contribution in [0.5, 0.6) is 0 Å². The van der Waals surface area contributed by atoms with E-state index in [4.69, 9.17) is 0 Å². The summed E-state index contributed by atoms with van der Waals surface area (Å²) >= 11 is 0. The van der Waals surface area contributed by atoms with Gasteiger partial charge in [0.15, 0.2) is 0 Å². The van der Waals surface area contributed by atoms with Crippen LogP contribution in [-0.4, -0.2) is 48.5 Å². The van der Waals surface area contributed by atoms with E-state index in [0.717, 1.165) is 42.3 Å². The zero-order valence-corrected chi connectivity index (χ0v) is 19.5. The lowest BCUT2D eigenvalue weighted by Crippen LogP contribution is -2.47. The highest BCUT2D eigenvalue weighted by Gasteiger charge is 2.35. The van der Waals surface area contributed by atoms with Crippen LogP contribution >= 0.6 is 0 Å². The third-order valence-electron chi connectivity index (χ3n) is 6.21. The maximum atomic E-state index is 13.3. The molecule has 0 aliphatic carbocycles. The summed E-state index contributed by atoms with van der Waals surface area (Å²) in [6.07, 6.45) is 1.24. The number of rotatable bonds is 8. The molecule has 0 atom stereocenters. The van der Waals surface area contributed by atoms with E-state index >= 15 is 0 Å². The van der Waals surface area contributed by atoms with E-state index < -0.39 is 11.7 Å². The average Bonchev–Trinajstić information content (AvgIpc) is 2.87. The predicted molar refractivity (Wildman–Crippen MR) is 132 cm³/mol. The van der Waals surface area contributed by atoms with Crippen molar-refractivity contribution in [2.75, 3.05) is 42.9 Å². The van der Waals surface area contributed by atoms with Crippen molar-refractivity contribution in [3.05, 3.63) is 78.6 Å². The number of carbonyl (C=O) groups excluding carboxylic acids is 1. The first-order valence-corrected chi connectivity index (χ1v) is 11.8. The van der Waals surface area contributed by atoms with Crippen LogP contribution in [0.2, 0.25) is 0 Å². The van der Waals surface area contributed by atoms with Crippen molar-refractivity contribution in [3.8, 4) is 11.1 Å². The highest BCUT2D eigenvalue weighted by atomic mass is 19.4. The number of hydrogen-bond acceptors (Lipinski definition) is 4.